The van der Waals surface area contributed by atoms with E-state index in [0.29, 0.717) is 37.4 Å². The molecule has 1 aromatic rings. The largest absolute Gasteiger partial charge is 0.492 e. The van der Waals surface area contributed by atoms with Crippen LogP contribution in [0.5, 0.6) is 5.75 Å². The first kappa shape index (κ1) is 20.2. The van der Waals surface area contributed by atoms with Crippen molar-refractivity contribution in [2.24, 2.45) is 10.9 Å². The Balaban J connectivity index is 2.12. The molecule has 0 heterocycles. The van der Waals surface area contributed by atoms with E-state index < -0.39 is 11.6 Å². The number of ether oxygens (including phenoxy) is 2. The predicted molar refractivity (Wildman–Crippen MR) is 91.5 cm³/mol. The molecule has 0 unspecified atom stereocenters. The molecule has 1 rings (SSSR count). The Morgan fingerprint density at radius 3 is 2.54 bits per heavy atom. The molecular formula is C17H27F2N3O2. The van der Waals surface area contributed by atoms with Gasteiger partial charge in [-0.25, -0.2) is 8.78 Å². The van der Waals surface area contributed by atoms with Gasteiger partial charge in [0.05, 0.1) is 6.54 Å². The van der Waals surface area contributed by atoms with Gasteiger partial charge in [0.25, 0.3) is 0 Å². The molecule has 0 aliphatic carbocycles. The number of guanidine groups is 1. The lowest BCUT2D eigenvalue weighted by Gasteiger charge is -2.13. The maximum atomic E-state index is 13.0. The summed E-state index contributed by atoms with van der Waals surface area (Å²) in [6, 6.07) is 3.46. The van der Waals surface area contributed by atoms with Crippen molar-refractivity contribution in [3.63, 3.8) is 0 Å². The number of rotatable bonds is 10. The van der Waals surface area contributed by atoms with Gasteiger partial charge in [-0.3, -0.25) is 4.99 Å². The standard InChI is InChI=1S/C17H27F2N3O2/c1-13(2)12-23-9-4-7-21-17(20-3)22-8-10-24-14-5-6-15(18)16(19)11-14/h5-6,11,13H,4,7-10,12H2,1-3H3,(H2,20,21,22). The van der Waals surface area contributed by atoms with E-state index in [1.807, 2.05) is 0 Å². The summed E-state index contributed by atoms with van der Waals surface area (Å²) in [5, 5.41) is 6.25. The predicted octanol–water partition coefficient (Wildman–Crippen LogP) is 2.57. The van der Waals surface area contributed by atoms with Crippen molar-refractivity contribution in [2.75, 3.05) is 40.0 Å². The van der Waals surface area contributed by atoms with E-state index in [-0.39, 0.29) is 0 Å². The van der Waals surface area contributed by atoms with Gasteiger partial charge in [0.15, 0.2) is 17.6 Å². The molecule has 24 heavy (non-hydrogen) atoms. The van der Waals surface area contributed by atoms with Crippen LogP contribution < -0.4 is 15.4 Å². The number of hydrogen-bond acceptors (Lipinski definition) is 3. The first-order valence-corrected chi connectivity index (χ1v) is 8.13. The molecule has 0 aliphatic rings. The Morgan fingerprint density at radius 1 is 1.12 bits per heavy atom. The third kappa shape index (κ3) is 8.67. The fourth-order valence-corrected chi connectivity index (χ4v) is 1.83. The van der Waals surface area contributed by atoms with Gasteiger partial charge in [-0.15, -0.1) is 0 Å². The third-order valence-electron chi connectivity index (χ3n) is 2.99. The third-order valence-corrected chi connectivity index (χ3v) is 2.99. The molecule has 0 radical (unpaired) electrons. The van der Waals surface area contributed by atoms with Crippen LogP contribution in [0.2, 0.25) is 0 Å². The molecule has 0 bridgehead atoms. The monoisotopic (exact) mass is 343 g/mol. The van der Waals surface area contributed by atoms with Crippen LogP contribution in [0.25, 0.3) is 0 Å². The lowest BCUT2D eigenvalue weighted by molar-refractivity contribution is 0.108. The summed E-state index contributed by atoms with van der Waals surface area (Å²) in [5.74, 6) is -0.310. The summed E-state index contributed by atoms with van der Waals surface area (Å²) in [7, 11) is 1.68. The zero-order chi connectivity index (χ0) is 17.8. The topological polar surface area (TPSA) is 54.9 Å². The van der Waals surface area contributed by atoms with Crippen LogP contribution >= 0.6 is 0 Å². The first-order chi connectivity index (χ1) is 11.5. The van der Waals surface area contributed by atoms with Crippen molar-refractivity contribution in [1.29, 1.82) is 0 Å². The number of hydrogen-bond donors (Lipinski definition) is 2. The Hall–Kier alpha value is -1.89. The normalized spacial score (nSPS) is 11.7. The van der Waals surface area contributed by atoms with Crippen molar-refractivity contribution in [2.45, 2.75) is 20.3 Å². The lowest BCUT2D eigenvalue weighted by atomic mass is 10.2. The van der Waals surface area contributed by atoms with Crippen LogP contribution in [0, 0.1) is 17.6 Å². The van der Waals surface area contributed by atoms with Gasteiger partial charge < -0.3 is 20.1 Å². The summed E-state index contributed by atoms with van der Waals surface area (Å²) in [4.78, 5) is 4.09. The molecule has 0 aliphatic heterocycles. The van der Waals surface area contributed by atoms with E-state index in [0.717, 1.165) is 31.7 Å². The highest BCUT2D eigenvalue weighted by Gasteiger charge is 2.03. The molecule has 0 saturated heterocycles. The summed E-state index contributed by atoms with van der Waals surface area (Å²) in [6.07, 6.45) is 0.888. The van der Waals surface area contributed by atoms with Crippen molar-refractivity contribution in [3.8, 4) is 5.75 Å². The van der Waals surface area contributed by atoms with E-state index in [4.69, 9.17) is 9.47 Å². The van der Waals surface area contributed by atoms with Crippen molar-refractivity contribution < 1.29 is 18.3 Å². The second-order valence-corrected chi connectivity index (χ2v) is 5.67. The summed E-state index contributed by atoms with van der Waals surface area (Å²) in [5.41, 5.74) is 0. The van der Waals surface area contributed by atoms with Gasteiger partial charge in [0.2, 0.25) is 0 Å². The Kier molecular flexibility index (Phi) is 9.76. The molecule has 1 aromatic carbocycles. The smallest absolute Gasteiger partial charge is 0.191 e. The number of benzene rings is 1. The van der Waals surface area contributed by atoms with Crippen LogP contribution in [0.15, 0.2) is 23.2 Å². The van der Waals surface area contributed by atoms with E-state index in [2.05, 4.69) is 29.5 Å². The number of halogens is 2. The van der Waals surface area contributed by atoms with Crippen LogP contribution in [0.4, 0.5) is 8.78 Å². The maximum absolute atomic E-state index is 13.0. The van der Waals surface area contributed by atoms with E-state index in [1.54, 1.807) is 7.05 Å². The molecule has 7 heteroatoms. The fourth-order valence-electron chi connectivity index (χ4n) is 1.83. The molecule has 0 saturated carbocycles. The molecular weight excluding hydrogens is 316 g/mol. The molecule has 2 N–H and O–H groups in total. The number of nitrogens with one attached hydrogen (secondary N) is 2. The van der Waals surface area contributed by atoms with Gasteiger partial charge >= 0.3 is 0 Å². The van der Waals surface area contributed by atoms with E-state index >= 15 is 0 Å². The van der Waals surface area contributed by atoms with Gasteiger partial charge in [-0.1, -0.05) is 13.8 Å². The molecule has 0 fully saturated rings. The average molecular weight is 343 g/mol. The summed E-state index contributed by atoms with van der Waals surface area (Å²) in [6.45, 7) is 7.27. The zero-order valence-electron chi connectivity index (χ0n) is 14.6. The van der Waals surface area contributed by atoms with Crippen LogP contribution in [-0.4, -0.2) is 45.9 Å². The van der Waals surface area contributed by atoms with Crippen molar-refractivity contribution >= 4 is 5.96 Å². The minimum Gasteiger partial charge on any atom is -0.492 e. The van der Waals surface area contributed by atoms with Gasteiger partial charge in [-0.05, 0) is 24.5 Å². The number of nitrogens with zero attached hydrogens (tertiary/aromatic N) is 1. The van der Waals surface area contributed by atoms with Crippen LogP contribution in [-0.2, 0) is 4.74 Å². The molecule has 0 atom stereocenters. The highest BCUT2D eigenvalue weighted by atomic mass is 19.2. The van der Waals surface area contributed by atoms with Crippen molar-refractivity contribution in [1.82, 2.24) is 10.6 Å². The van der Waals surface area contributed by atoms with Gasteiger partial charge in [0, 0.05) is 32.9 Å². The van der Waals surface area contributed by atoms with Gasteiger partial charge in [-0.2, -0.15) is 0 Å². The second kappa shape index (κ2) is 11.6. The van der Waals surface area contributed by atoms with Crippen molar-refractivity contribution in [3.05, 3.63) is 29.8 Å². The Labute approximate surface area is 142 Å². The SMILES string of the molecule is CN=C(NCCCOCC(C)C)NCCOc1ccc(F)c(F)c1. The highest BCUT2D eigenvalue weighted by Crippen LogP contribution is 2.14. The van der Waals surface area contributed by atoms with Crippen LogP contribution in [0.1, 0.15) is 20.3 Å². The maximum Gasteiger partial charge on any atom is 0.191 e. The van der Waals surface area contributed by atoms with Gasteiger partial charge in [0.1, 0.15) is 12.4 Å². The minimum atomic E-state index is -0.919. The first-order valence-electron chi connectivity index (χ1n) is 8.13. The Bertz CT molecular complexity index is 511. The Morgan fingerprint density at radius 2 is 1.88 bits per heavy atom. The quantitative estimate of drug-likeness (QED) is 0.389. The molecule has 0 amide bonds. The lowest BCUT2D eigenvalue weighted by Crippen LogP contribution is -2.39. The number of aliphatic imine (C=N–C) groups is 1. The average Bonchev–Trinajstić information content (AvgIpc) is 2.55. The fraction of sp³-hybridized carbons (Fsp3) is 0.588. The van der Waals surface area contributed by atoms with Crippen LogP contribution in [0.3, 0.4) is 0 Å². The minimum absolute atomic E-state index is 0.293. The molecule has 136 valence electrons. The van der Waals surface area contributed by atoms with E-state index in [9.17, 15) is 8.78 Å². The van der Waals surface area contributed by atoms with E-state index in [1.165, 1.54) is 6.07 Å². The molecule has 0 aromatic heterocycles. The highest BCUT2D eigenvalue weighted by molar-refractivity contribution is 5.79. The summed E-state index contributed by atoms with van der Waals surface area (Å²) >= 11 is 0. The summed E-state index contributed by atoms with van der Waals surface area (Å²) < 4.78 is 36.7. The molecule has 0 spiro atoms. The second-order valence-electron chi connectivity index (χ2n) is 5.67. The molecule has 5 nitrogen and oxygen atoms in total. The zero-order valence-corrected chi connectivity index (χ0v) is 14.6.